The Labute approximate surface area is 118 Å². The Balaban J connectivity index is 2.54. The van der Waals surface area contributed by atoms with E-state index in [1.54, 1.807) is 0 Å². The van der Waals surface area contributed by atoms with Gasteiger partial charge in [-0.3, -0.25) is 4.99 Å². The first-order valence-electron chi connectivity index (χ1n) is 7.81. The third-order valence-corrected chi connectivity index (χ3v) is 3.58. The molecule has 1 fully saturated rings. The molecule has 4 heteroatoms. The van der Waals surface area contributed by atoms with Crippen LogP contribution in [0, 0.1) is 11.8 Å². The van der Waals surface area contributed by atoms with E-state index in [4.69, 9.17) is 10.1 Å². The molecule has 0 aliphatic carbocycles. The summed E-state index contributed by atoms with van der Waals surface area (Å²) in [5, 5.41) is 12.5. The lowest BCUT2D eigenvalue weighted by Crippen LogP contribution is -2.40. The molecule has 1 aliphatic heterocycles. The van der Waals surface area contributed by atoms with Gasteiger partial charge in [0.2, 0.25) is 0 Å². The molecule has 1 aliphatic rings. The molecule has 0 saturated carbocycles. The number of guanidine groups is 1. The first-order valence-corrected chi connectivity index (χ1v) is 7.81. The molecule has 112 valence electrons. The topological polar surface area (TPSA) is 47.9 Å². The molecule has 4 nitrogen and oxygen atoms in total. The second-order valence-electron chi connectivity index (χ2n) is 5.90. The fraction of sp³-hybridized carbons (Fsp3) is 0.933. The lowest BCUT2D eigenvalue weighted by molar-refractivity contribution is 0.245. The van der Waals surface area contributed by atoms with Crippen molar-refractivity contribution in [1.82, 2.24) is 10.2 Å². The van der Waals surface area contributed by atoms with E-state index in [0.717, 1.165) is 45.0 Å². The van der Waals surface area contributed by atoms with Crippen molar-refractivity contribution in [2.45, 2.75) is 46.5 Å². The van der Waals surface area contributed by atoms with Crippen molar-refractivity contribution in [1.29, 1.82) is 0 Å². The summed E-state index contributed by atoms with van der Waals surface area (Å²) in [5.41, 5.74) is 0. The van der Waals surface area contributed by atoms with Gasteiger partial charge in [0.05, 0.1) is 0 Å². The van der Waals surface area contributed by atoms with Crippen LogP contribution >= 0.6 is 0 Å². The highest BCUT2D eigenvalue weighted by Gasteiger charge is 2.16. The quantitative estimate of drug-likeness (QED) is 0.549. The molecule has 0 amide bonds. The summed E-state index contributed by atoms with van der Waals surface area (Å²) in [5.74, 6) is 2.23. The minimum Gasteiger partial charge on any atom is -0.396 e. The summed E-state index contributed by atoms with van der Waals surface area (Å²) in [6.07, 6.45) is 4.55. The van der Waals surface area contributed by atoms with Gasteiger partial charge in [-0.25, -0.2) is 0 Å². The van der Waals surface area contributed by atoms with E-state index < -0.39 is 0 Å². The highest BCUT2D eigenvalue weighted by Crippen LogP contribution is 2.16. The van der Waals surface area contributed by atoms with Crippen molar-refractivity contribution in [2.75, 3.05) is 32.8 Å². The van der Waals surface area contributed by atoms with Crippen molar-refractivity contribution in [2.24, 2.45) is 16.8 Å². The van der Waals surface area contributed by atoms with Crippen molar-refractivity contribution >= 4 is 5.96 Å². The Hall–Kier alpha value is -0.770. The number of nitrogens with one attached hydrogen (secondary N) is 1. The van der Waals surface area contributed by atoms with Crippen molar-refractivity contribution in [3.05, 3.63) is 0 Å². The van der Waals surface area contributed by atoms with Gasteiger partial charge >= 0.3 is 0 Å². The van der Waals surface area contributed by atoms with E-state index >= 15 is 0 Å². The lowest BCUT2D eigenvalue weighted by Gasteiger charge is -2.22. The predicted molar refractivity (Wildman–Crippen MR) is 81.4 cm³/mol. The monoisotopic (exact) mass is 269 g/mol. The maximum absolute atomic E-state index is 9.16. The maximum atomic E-state index is 9.16. The average molecular weight is 269 g/mol. The molecular formula is C15H31N3O. The van der Waals surface area contributed by atoms with Gasteiger partial charge in [0, 0.05) is 32.8 Å². The molecule has 1 saturated heterocycles. The first-order chi connectivity index (χ1) is 9.17. The number of aliphatic hydroxyl groups excluding tert-OH is 1. The minimum absolute atomic E-state index is 0.271. The smallest absolute Gasteiger partial charge is 0.193 e. The van der Waals surface area contributed by atoms with E-state index in [9.17, 15) is 0 Å². The molecule has 0 aromatic heterocycles. The number of likely N-dealkylation sites (tertiary alicyclic amines) is 1. The standard InChI is InChI=1S/C15H31N3O/c1-4-16-15(18-8-5-6-9-18)17-12-14(7-10-19)11-13(2)3/h13-14,19H,4-12H2,1-3H3,(H,16,17). The van der Waals surface area contributed by atoms with Crippen molar-refractivity contribution in [3.8, 4) is 0 Å². The molecule has 1 atom stereocenters. The van der Waals surface area contributed by atoms with Gasteiger partial charge in [0.25, 0.3) is 0 Å². The van der Waals surface area contributed by atoms with E-state index in [2.05, 4.69) is 31.0 Å². The van der Waals surface area contributed by atoms with Gasteiger partial charge in [0.15, 0.2) is 5.96 Å². The summed E-state index contributed by atoms with van der Waals surface area (Å²) >= 11 is 0. The van der Waals surface area contributed by atoms with E-state index in [1.807, 2.05) is 0 Å². The number of hydrogen-bond acceptors (Lipinski definition) is 2. The number of hydrogen-bond donors (Lipinski definition) is 2. The molecule has 2 N–H and O–H groups in total. The molecular weight excluding hydrogens is 238 g/mol. The second-order valence-corrected chi connectivity index (χ2v) is 5.90. The summed E-state index contributed by atoms with van der Waals surface area (Å²) in [6.45, 7) is 10.9. The van der Waals surface area contributed by atoms with Crippen LogP contribution < -0.4 is 5.32 Å². The number of rotatable bonds is 7. The van der Waals surface area contributed by atoms with E-state index in [0.29, 0.717) is 11.8 Å². The molecule has 0 aromatic rings. The fourth-order valence-corrected chi connectivity index (χ4v) is 2.70. The van der Waals surface area contributed by atoms with Gasteiger partial charge in [-0.2, -0.15) is 0 Å². The normalized spacial score (nSPS) is 18.2. The van der Waals surface area contributed by atoms with Crippen molar-refractivity contribution < 1.29 is 5.11 Å². The first kappa shape index (κ1) is 16.3. The Morgan fingerprint density at radius 3 is 2.53 bits per heavy atom. The minimum atomic E-state index is 0.271. The third-order valence-electron chi connectivity index (χ3n) is 3.58. The zero-order valence-corrected chi connectivity index (χ0v) is 12.9. The number of aliphatic imine (C=N–C) groups is 1. The largest absolute Gasteiger partial charge is 0.396 e. The molecule has 19 heavy (non-hydrogen) atoms. The summed E-state index contributed by atoms with van der Waals surface area (Å²) < 4.78 is 0. The van der Waals surface area contributed by atoms with E-state index in [-0.39, 0.29) is 6.61 Å². The third kappa shape index (κ3) is 6.28. The SMILES string of the molecule is CCNC(=NCC(CCO)CC(C)C)N1CCCC1. The van der Waals surface area contributed by atoms with Gasteiger partial charge in [-0.15, -0.1) is 0 Å². The van der Waals surface area contributed by atoms with Crippen LogP contribution in [0.15, 0.2) is 4.99 Å². The van der Waals surface area contributed by atoms with Crippen LogP contribution in [-0.4, -0.2) is 48.8 Å². The average Bonchev–Trinajstić information content (AvgIpc) is 2.87. The Morgan fingerprint density at radius 1 is 1.32 bits per heavy atom. The van der Waals surface area contributed by atoms with Crippen LogP contribution in [0.1, 0.15) is 46.5 Å². The predicted octanol–water partition coefficient (Wildman–Crippen LogP) is 2.09. The van der Waals surface area contributed by atoms with Crippen LogP contribution in [0.25, 0.3) is 0 Å². The molecule has 1 rings (SSSR count). The molecule has 0 bridgehead atoms. The number of nitrogens with zero attached hydrogens (tertiary/aromatic N) is 2. The van der Waals surface area contributed by atoms with Gasteiger partial charge < -0.3 is 15.3 Å². The van der Waals surface area contributed by atoms with Crippen LogP contribution in [0.2, 0.25) is 0 Å². The Kier molecular flexibility index (Phi) is 7.87. The second kappa shape index (κ2) is 9.18. The van der Waals surface area contributed by atoms with Crippen LogP contribution in [0.4, 0.5) is 0 Å². The Morgan fingerprint density at radius 2 is 2.00 bits per heavy atom. The van der Waals surface area contributed by atoms with E-state index in [1.165, 1.54) is 12.8 Å². The molecule has 1 unspecified atom stereocenters. The molecule has 0 spiro atoms. The van der Waals surface area contributed by atoms with Gasteiger partial charge in [0.1, 0.15) is 0 Å². The molecule has 1 heterocycles. The van der Waals surface area contributed by atoms with Crippen LogP contribution in [0.3, 0.4) is 0 Å². The van der Waals surface area contributed by atoms with Crippen LogP contribution in [-0.2, 0) is 0 Å². The highest BCUT2D eigenvalue weighted by atomic mass is 16.3. The maximum Gasteiger partial charge on any atom is 0.193 e. The lowest BCUT2D eigenvalue weighted by atomic mass is 9.94. The summed E-state index contributed by atoms with van der Waals surface area (Å²) in [4.78, 5) is 7.14. The zero-order valence-electron chi connectivity index (χ0n) is 12.9. The van der Waals surface area contributed by atoms with Gasteiger partial charge in [-0.1, -0.05) is 13.8 Å². The summed E-state index contributed by atoms with van der Waals surface area (Å²) in [6, 6.07) is 0. The highest BCUT2D eigenvalue weighted by molar-refractivity contribution is 5.80. The Bertz CT molecular complexity index is 260. The van der Waals surface area contributed by atoms with Gasteiger partial charge in [-0.05, 0) is 44.4 Å². The number of aliphatic hydroxyl groups is 1. The molecule has 0 radical (unpaired) electrons. The van der Waals surface area contributed by atoms with Crippen molar-refractivity contribution in [3.63, 3.8) is 0 Å². The zero-order chi connectivity index (χ0) is 14.1. The summed E-state index contributed by atoms with van der Waals surface area (Å²) in [7, 11) is 0. The van der Waals surface area contributed by atoms with Crippen LogP contribution in [0.5, 0.6) is 0 Å². The molecule has 0 aromatic carbocycles. The fourth-order valence-electron chi connectivity index (χ4n) is 2.70.